The minimum Gasteiger partial charge on any atom is -0.508 e. The van der Waals surface area contributed by atoms with Crippen molar-refractivity contribution in [3.8, 4) is 5.75 Å². The van der Waals surface area contributed by atoms with Crippen LogP contribution in [0.15, 0.2) is 18.2 Å². The number of phenolic OH excluding ortho intramolecular Hbond substituents is 1. The lowest BCUT2D eigenvalue weighted by Gasteiger charge is -2.24. The molecule has 1 aliphatic heterocycles. The Morgan fingerprint density at radius 1 is 1.53 bits per heavy atom. The van der Waals surface area contributed by atoms with E-state index in [0.29, 0.717) is 23.6 Å². The van der Waals surface area contributed by atoms with E-state index >= 15 is 0 Å². The quantitative estimate of drug-likeness (QED) is 0.774. The van der Waals surface area contributed by atoms with Gasteiger partial charge in [-0.15, -0.1) is 0 Å². The van der Waals surface area contributed by atoms with E-state index in [9.17, 15) is 9.90 Å². The highest BCUT2D eigenvalue weighted by atomic mass is 35.5. The molecule has 1 amide bonds. The zero-order chi connectivity index (χ0) is 10.8. The molecule has 1 aromatic rings. The summed E-state index contributed by atoms with van der Waals surface area (Å²) in [5.74, 6) is 0.131. The monoisotopic (exact) mass is 227 g/mol. The van der Waals surface area contributed by atoms with Crippen LogP contribution < -0.4 is 5.32 Å². The normalized spacial score (nSPS) is 20.6. The summed E-state index contributed by atoms with van der Waals surface area (Å²) >= 11 is 5.82. The molecule has 0 aromatic heterocycles. The molecule has 80 valence electrons. The number of hydrogen-bond donors (Lipinski definition) is 2. The zero-order valence-corrected chi connectivity index (χ0v) is 8.62. The Kier molecular flexibility index (Phi) is 2.68. The van der Waals surface area contributed by atoms with Gasteiger partial charge in [-0.05, 0) is 18.2 Å². The van der Waals surface area contributed by atoms with Gasteiger partial charge in [-0.3, -0.25) is 0 Å². The Labute approximate surface area is 91.8 Å². The third-order valence-corrected chi connectivity index (χ3v) is 2.53. The van der Waals surface area contributed by atoms with Gasteiger partial charge in [0.2, 0.25) is 0 Å². The van der Waals surface area contributed by atoms with Crippen molar-refractivity contribution >= 4 is 17.7 Å². The van der Waals surface area contributed by atoms with E-state index in [1.165, 1.54) is 6.07 Å². The minimum absolute atomic E-state index is 0.131. The van der Waals surface area contributed by atoms with Gasteiger partial charge in [-0.2, -0.15) is 0 Å². The average Bonchev–Trinajstić information content (AvgIpc) is 2.22. The van der Waals surface area contributed by atoms with Crippen LogP contribution in [0.1, 0.15) is 18.0 Å². The van der Waals surface area contributed by atoms with Crippen LogP contribution in [0.3, 0.4) is 0 Å². The first-order valence-electron chi connectivity index (χ1n) is 4.58. The molecule has 4 nitrogen and oxygen atoms in total. The van der Waals surface area contributed by atoms with Gasteiger partial charge in [-0.25, -0.2) is 4.79 Å². The number of alkyl carbamates (subject to hydrolysis) is 1. The summed E-state index contributed by atoms with van der Waals surface area (Å²) in [7, 11) is 0. The number of aromatic hydroxyl groups is 1. The fourth-order valence-corrected chi connectivity index (χ4v) is 1.74. The third kappa shape index (κ3) is 2.15. The number of nitrogens with one attached hydrogen (secondary N) is 1. The minimum atomic E-state index is -0.467. The summed E-state index contributed by atoms with van der Waals surface area (Å²) in [4.78, 5) is 11.0. The van der Waals surface area contributed by atoms with E-state index in [1.54, 1.807) is 12.1 Å². The summed E-state index contributed by atoms with van der Waals surface area (Å²) in [6.07, 6.45) is 0.158. The van der Waals surface area contributed by atoms with Gasteiger partial charge in [0.05, 0.1) is 12.6 Å². The zero-order valence-electron chi connectivity index (χ0n) is 7.87. The first kappa shape index (κ1) is 10.1. The van der Waals surface area contributed by atoms with Crippen LogP contribution in [0.2, 0.25) is 5.02 Å². The lowest BCUT2D eigenvalue weighted by molar-refractivity contribution is 0.115. The first-order chi connectivity index (χ1) is 7.16. The van der Waals surface area contributed by atoms with E-state index in [4.69, 9.17) is 16.3 Å². The number of benzene rings is 1. The third-order valence-electron chi connectivity index (χ3n) is 2.30. The number of amides is 1. The number of cyclic esters (lactones) is 1. The maximum Gasteiger partial charge on any atom is 0.407 e. The van der Waals surface area contributed by atoms with Crippen molar-refractivity contribution in [2.75, 3.05) is 6.61 Å². The molecule has 0 bridgehead atoms. The van der Waals surface area contributed by atoms with Crippen molar-refractivity contribution in [2.24, 2.45) is 0 Å². The van der Waals surface area contributed by atoms with Gasteiger partial charge in [0.1, 0.15) is 5.75 Å². The second kappa shape index (κ2) is 3.98. The fraction of sp³-hybridized carbons (Fsp3) is 0.300. The molecule has 1 aromatic carbocycles. The van der Waals surface area contributed by atoms with Crippen LogP contribution in [0, 0.1) is 0 Å². The van der Waals surface area contributed by atoms with Crippen molar-refractivity contribution in [1.82, 2.24) is 5.32 Å². The Hall–Kier alpha value is -1.42. The molecule has 0 spiro atoms. The Morgan fingerprint density at radius 3 is 3.07 bits per heavy atom. The van der Waals surface area contributed by atoms with Gasteiger partial charge in [-0.1, -0.05) is 11.6 Å². The van der Waals surface area contributed by atoms with Crippen molar-refractivity contribution in [3.63, 3.8) is 0 Å². The predicted molar refractivity (Wildman–Crippen MR) is 55.0 cm³/mol. The molecule has 5 heteroatoms. The van der Waals surface area contributed by atoms with E-state index < -0.39 is 6.09 Å². The summed E-state index contributed by atoms with van der Waals surface area (Å²) in [5.41, 5.74) is 0.624. The number of carbonyl (C=O) groups excluding carboxylic acids is 1. The van der Waals surface area contributed by atoms with Crippen LogP contribution in [0.4, 0.5) is 4.79 Å². The SMILES string of the molecule is O=C1N[C@@H](c2cc(Cl)ccc2O)CCO1. The number of carbonyl (C=O) groups is 1. The van der Waals surface area contributed by atoms with Gasteiger partial charge in [0, 0.05) is 17.0 Å². The van der Waals surface area contributed by atoms with Crippen LogP contribution in [-0.4, -0.2) is 17.8 Å². The standard InChI is InChI=1S/C10H10ClNO3/c11-6-1-2-9(13)7(5-6)8-3-4-15-10(14)12-8/h1-2,5,8,13H,3-4H2,(H,12,14)/t8-/m1/s1. The number of ether oxygens (including phenoxy) is 1. The van der Waals surface area contributed by atoms with Gasteiger partial charge in [0.25, 0.3) is 0 Å². The molecule has 1 saturated heterocycles. The summed E-state index contributed by atoms with van der Waals surface area (Å²) < 4.78 is 4.74. The van der Waals surface area contributed by atoms with E-state index in [1.807, 2.05) is 0 Å². The lowest BCUT2D eigenvalue weighted by atomic mass is 10.0. The van der Waals surface area contributed by atoms with E-state index in [-0.39, 0.29) is 11.8 Å². The molecule has 15 heavy (non-hydrogen) atoms. The number of halogens is 1. The molecule has 2 rings (SSSR count). The second-order valence-corrected chi connectivity index (χ2v) is 3.76. The largest absolute Gasteiger partial charge is 0.508 e. The highest BCUT2D eigenvalue weighted by molar-refractivity contribution is 6.30. The van der Waals surface area contributed by atoms with E-state index in [2.05, 4.69) is 5.32 Å². The Morgan fingerprint density at radius 2 is 2.33 bits per heavy atom. The topological polar surface area (TPSA) is 58.6 Å². The highest BCUT2D eigenvalue weighted by Crippen LogP contribution is 2.30. The molecule has 1 aliphatic rings. The number of rotatable bonds is 1. The van der Waals surface area contributed by atoms with Crippen LogP contribution in [0.25, 0.3) is 0 Å². The van der Waals surface area contributed by atoms with Gasteiger partial charge < -0.3 is 15.2 Å². The van der Waals surface area contributed by atoms with Crippen molar-refractivity contribution in [1.29, 1.82) is 0 Å². The Bertz CT molecular complexity index is 394. The first-order valence-corrected chi connectivity index (χ1v) is 4.96. The Balaban J connectivity index is 2.27. The maximum absolute atomic E-state index is 11.0. The van der Waals surface area contributed by atoms with Crippen molar-refractivity contribution in [3.05, 3.63) is 28.8 Å². The van der Waals surface area contributed by atoms with E-state index in [0.717, 1.165) is 0 Å². The molecule has 1 atom stereocenters. The van der Waals surface area contributed by atoms with Crippen LogP contribution in [-0.2, 0) is 4.74 Å². The average molecular weight is 228 g/mol. The molecule has 0 unspecified atom stereocenters. The van der Waals surface area contributed by atoms with Crippen molar-refractivity contribution < 1.29 is 14.6 Å². The highest BCUT2D eigenvalue weighted by Gasteiger charge is 2.23. The molecule has 0 aliphatic carbocycles. The number of phenols is 1. The molecule has 0 radical (unpaired) electrons. The lowest BCUT2D eigenvalue weighted by Crippen LogP contribution is -2.35. The molecule has 1 fully saturated rings. The molecular formula is C10H10ClNO3. The second-order valence-electron chi connectivity index (χ2n) is 3.32. The predicted octanol–water partition coefficient (Wildman–Crippen LogP) is 2.22. The van der Waals surface area contributed by atoms with Crippen molar-refractivity contribution in [2.45, 2.75) is 12.5 Å². The molecule has 0 saturated carbocycles. The summed E-state index contributed by atoms with van der Waals surface area (Å²) in [5, 5.41) is 12.8. The molecular weight excluding hydrogens is 218 g/mol. The van der Waals surface area contributed by atoms with Gasteiger partial charge in [0.15, 0.2) is 0 Å². The van der Waals surface area contributed by atoms with Crippen LogP contribution in [0.5, 0.6) is 5.75 Å². The number of hydrogen-bond acceptors (Lipinski definition) is 3. The summed E-state index contributed by atoms with van der Waals surface area (Å²) in [6.45, 7) is 0.350. The summed E-state index contributed by atoms with van der Waals surface area (Å²) in [6, 6.07) is 4.53. The smallest absolute Gasteiger partial charge is 0.407 e. The maximum atomic E-state index is 11.0. The fourth-order valence-electron chi connectivity index (χ4n) is 1.56. The van der Waals surface area contributed by atoms with Gasteiger partial charge >= 0.3 is 6.09 Å². The molecule has 2 N–H and O–H groups in total. The molecule has 1 heterocycles. The van der Waals surface area contributed by atoms with Crippen LogP contribution >= 0.6 is 11.6 Å².